The van der Waals surface area contributed by atoms with Gasteiger partial charge in [0, 0.05) is 29.3 Å². The topological polar surface area (TPSA) is 78.7 Å². The summed E-state index contributed by atoms with van der Waals surface area (Å²) in [5.74, 6) is 0.982. The van der Waals surface area contributed by atoms with Crippen LogP contribution in [0, 0.1) is 10.1 Å². The summed E-state index contributed by atoms with van der Waals surface area (Å²) < 4.78 is 10.4. The zero-order chi connectivity index (χ0) is 16.8. The number of nitrogens with zero attached hydrogens (tertiary/aromatic N) is 1. The summed E-state index contributed by atoms with van der Waals surface area (Å²) in [7, 11) is 3.09. The minimum absolute atomic E-state index is 0.0534. The van der Waals surface area contributed by atoms with Gasteiger partial charge < -0.3 is 9.47 Å². The second-order valence-electron chi connectivity index (χ2n) is 4.61. The first kappa shape index (κ1) is 16.2. The molecule has 0 fully saturated rings. The first-order valence-corrected chi connectivity index (χ1v) is 6.74. The molecule has 0 N–H and O–H groups in total. The van der Waals surface area contributed by atoms with Crippen LogP contribution in [0.3, 0.4) is 0 Å². The highest BCUT2D eigenvalue weighted by Gasteiger charge is 2.08. The molecule has 2 aromatic carbocycles. The van der Waals surface area contributed by atoms with E-state index in [-0.39, 0.29) is 11.5 Å². The predicted octanol–water partition coefficient (Wildman–Crippen LogP) is 3.51. The fourth-order valence-corrected chi connectivity index (χ4v) is 1.97. The number of nitro benzene ring substituents is 1. The molecule has 0 amide bonds. The Balaban J connectivity index is 2.19. The molecule has 6 heteroatoms. The molecule has 6 nitrogen and oxygen atoms in total. The minimum Gasteiger partial charge on any atom is -0.497 e. The van der Waals surface area contributed by atoms with Crippen molar-refractivity contribution in [3.05, 3.63) is 69.8 Å². The monoisotopic (exact) mass is 313 g/mol. The summed E-state index contributed by atoms with van der Waals surface area (Å²) in [5, 5.41) is 10.6. The maximum absolute atomic E-state index is 12.1. The number of ketones is 1. The Morgan fingerprint density at radius 2 is 1.78 bits per heavy atom. The molecule has 0 atom stereocenters. The number of allylic oxidation sites excluding steroid dienone is 1. The van der Waals surface area contributed by atoms with Gasteiger partial charge in [-0.25, -0.2) is 0 Å². The fourth-order valence-electron chi connectivity index (χ4n) is 1.97. The van der Waals surface area contributed by atoms with E-state index in [2.05, 4.69) is 0 Å². The van der Waals surface area contributed by atoms with Crippen molar-refractivity contribution < 1.29 is 19.2 Å². The molecule has 0 aromatic heterocycles. The lowest BCUT2D eigenvalue weighted by Crippen LogP contribution is -1.95. The molecule has 0 unspecified atom stereocenters. The normalized spacial score (nSPS) is 10.5. The van der Waals surface area contributed by atoms with Crippen molar-refractivity contribution in [3.8, 4) is 11.5 Å². The average Bonchev–Trinajstić information content (AvgIpc) is 2.59. The highest BCUT2D eigenvalue weighted by atomic mass is 16.6. The van der Waals surface area contributed by atoms with Crippen LogP contribution in [0.25, 0.3) is 6.08 Å². The number of methoxy groups -OCH3 is 2. The molecular weight excluding hydrogens is 298 g/mol. The summed E-state index contributed by atoms with van der Waals surface area (Å²) in [6.07, 6.45) is 3.02. The summed E-state index contributed by atoms with van der Waals surface area (Å²) in [6.45, 7) is 0. The quantitative estimate of drug-likeness (QED) is 0.353. The van der Waals surface area contributed by atoms with Crippen molar-refractivity contribution in [2.24, 2.45) is 0 Å². The van der Waals surface area contributed by atoms with Gasteiger partial charge in [0.25, 0.3) is 5.69 Å². The lowest BCUT2D eigenvalue weighted by atomic mass is 10.1. The molecule has 0 radical (unpaired) electrons. The van der Waals surface area contributed by atoms with Crippen molar-refractivity contribution in [3.63, 3.8) is 0 Å². The Morgan fingerprint density at radius 3 is 2.35 bits per heavy atom. The Morgan fingerprint density at radius 1 is 1.09 bits per heavy atom. The number of rotatable bonds is 6. The highest BCUT2D eigenvalue weighted by Crippen LogP contribution is 2.25. The lowest BCUT2D eigenvalue weighted by molar-refractivity contribution is -0.384. The molecule has 0 aliphatic carbocycles. The third-order valence-corrected chi connectivity index (χ3v) is 3.22. The van der Waals surface area contributed by atoms with Gasteiger partial charge >= 0.3 is 0 Å². The number of hydrogen-bond acceptors (Lipinski definition) is 5. The van der Waals surface area contributed by atoms with Crippen LogP contribution < -0.4 is 9.47 Å². The molecule has 0 bridgehead atoms. The zero-order valence-electron chi connectivity index (χ0n) is 12.7. The number of nitro groups is 1. The average molecular weight is 313 g/mol. The van der Waals surface area contributed by atoms with Crippen LogP contribution in [0.1, 0.15) is 15.9 Å². The van der Waals surface area contributed by atoms with Gasteiger partial charge in [-0.15, -0.1) is 0 Å². The molecule has 0 heterocycles. The van der Waals surface area contributed by atoms with Crippen LogP contribution in [-0.2, 0) is 0 Å². The summed E-state index contributed by atoms with van der Waals surface area (Å²) in [5.41, 5.74) is 1.05. The van der Waals surface area contributed by atoms with Crippen molar-refractivity contribution in [1.82, 2.24) is 0 Å². The van der Waals surface area contributed by atoms with E-state index < -0.39 is 4.92 Å². The van der Waals surface area contributed by atoms with Crippen LogP contribution in [0.5, 0.6) is 11.5 Å². The van der Waals surface area contributed by atoms with E-state index in [1.54, 1.807) is 31.4 Å². The van der Waals surface area contributed by atoms with Crippen molar-refractivity contribution >= 4 is 17.5 Å². The van der Waals surface area contributed by atoms with E-state index in [1.807, 2.05) is 0 Å². The number of benzene rings is 2. The third kappa shape index (κ3) is 3.94. The van der Waals surface area contributed by atoms with E-state index in [0.717, 1.165) is 5.56 Å². The lowest BCUT2D eigenvalue weighted by Gasteiger charge is -2.07. The molecule has 0 spiro atoms. The molecule has 0 aliphatic rings. The van der Waals surface area contributed by atoms with Gasteiger partial charge in [0.1, 0.15) is 11.5 Å². The van der Waals surface area contributed by atoms with E-state index >= 15 is 0 Å². The minimum atomic E-state index is -0.508. The van der Waals surface area contributed by atoms with E-state index in [4.69, 9.17) is 9.47 Å². The fraction of sp³-hybridized carbons (Fsp3) is 0.118. The van der Waals surface area contributed by atoms with Crippen LogP contribution in [0.2, 0.25) is 0 Å². The highest BCUT2D eigenvalue weighted by molar-refractivity contribution is 6.07. The number of carbonyl (C=O) groups is 1. The van der Waals surface area contributed by atoms with E-state index in [0.29, 0.717) is 17.1 Å². The van der Waals surface area contributed by atoms with Gasteiger partial charge in [-0.1, -0.05) is 0 Å². The standard InChI is InChI=1S/C17H15NO5/c1-22-15-9-5-13(17(11-15)23-2)6-10-16(19)12-3-7-14(8-4-12)18(20)21/h3-11H,1-2H3/b10-6+. The predicted molar refractivity (Wildman–Crippen MR) is 86.0 cm³/mol. The van der Waals surface area contributed by atoms with Crippen molar-refractivity contribution in [2.75, 3.05) is 14.2 Å². The van der Waals surface area contributed by atoms with Crippen molar-refractivity contribution in [1.29, 1.82) is 0 Å². The molecule has 0 aliphatic heterocycles. The summed E-state index contributed by atoms with van der Waals surface area (Å²) >= 11 is 0. The Hall–Kier alpha value is -3.15. The summed E-state index contributed by atoms with van der Waals surface area (Å²) in [4.78, 5) is 22.2. The molecule has 2 rings (SSSR count). The van der Waals surface area contributed by atoms with Crippen LogP contribution in [0.15, 0.2) is 48.5 Å². The Kier molecular flexibility index (Phi) is 5.09. The van der Waals surface area contributed by atoms with Gasteiger partial charge in [-0.05, 0) is 36.4 Å². The maximum Gasteiger partial charge on any atom is 0.269 e. The number of hydrogen-bond donors (Lipinski definition) is 0. The smallest absolute Gasteiger partial charge is 0.269 e. The van der Waals surface area contributed by atoms with Gasteiger partial charge in [-0.2, -0.15) is 0 Å². The number of non-ortho nitro benzene ring substituents is 1. The van der Waals surface area contributed by atoms with E-state index in [1.165, 1.54) is 37.5 Å². The third-order valence-electron chi connectivity index (χ3n) is 3.22. The first-order chi connectivity index (χ1) is 11.0. The van der Waals surface area contributed by atoms with Crippen molar-refractivity contribution in [2.45, 2.75) is 0 Å². The number of ether oxygens (including phenoxy) is 2. The van der Waals surface area contributed by atoms with Gasteiger partial charge in [0.05, 0.1) is 19.1 Å². The van der Waals surface area contributed by atoms with Crippen LogP contribution in [-0.4, -0.2) is 24.9 Å². The molecule has 0 saturated carbocycles. The number of carbonyl (C=O) groups excluding carboxylic acids is 1. The van der Waals surface area contributed by atoms with Gasteiger partial charge in [0.2, 0.25) is 0 Å². The largest absolute Gasteiger partial charge is 0.497 e. The van der Waals surface area contributed by atoms with E-state index in [9.17, 15) is 14.9 Å². The zero-order valence-corrected chi connectivity index (χ0v) is 12.7. The second kappa shape index (κ2) is 7.22. The van der Waals surface area contributed by atoms with Crippen LogP contribution in [0.4, 0.5) is 5.69 Å². The maximum atomic E-state index is 12.1. The Labute approximate surface area is 133 Å². The molecule has 118 valence electrons. The molecule has 23 heavy (non-hydrogen) atoms. The van der Waals surface area contributed by atoms with Gasteiger partial charge in [-0.3, -0.25) is 14.9 Å². The second-order valence-corrected chi connectivity index (χ2v) is 4.61. The molecule has 0 saturated heterocycles. The Bertz CT molecular complexity index is 750. The molecule has 2 aromatic rings. The SMILES string of the molecule is COc1ccc(/C=C/C(=O)c2ccc([N+](=O)[O-])cc2)c(OC)c1. The summed E-state index contributed by atoms with van der Waals surface area (Å²) in [6, 6.07) is 10.7. The first-order valence-electron chi connectivity index (χ1n) is 6.74. The van der Waals surface area contributed by atoms with Gasteiger partial charge in [0.15, 0.2) is 5.78 Å². The van der Waals surface area contributed by atoms with Crippen LogP contribution >= 0.6 is 0 Å². The molecular formula is C17H15NO5.